The van der Waals surface area contributed by atoms with Gasteiger partial charge in [-0.25, -0.2) is 8.78 Å². The van der Waals surface area contributed by atoms with E-state index in [0.29, 0.717) is 5.89 Å². The molecular formula is C14H15F2N3O. The highest BCUT2D eigenvalue weighted by atomic mass is 19.1. The van der Waals surface area contributed by atoms with Crippen LogP contribution in [0.3, 0.4) is 0 Å². The Morgan fingerprint density at radius 2 is 1.95 bits per heavy atom. The Bertz CT molecular complexity index is 600. The molecule has 1 N–H and O–H groups in total. The van der Waals surface area contributed by atoms with E-state index in [1.54, 1.807) is 0 Å². The van der Waals surface area contributed by atoms with Crippen molar-refractivity contribution < 1.29 is 13.3 Å². The minimum absolute atomic E-state index is 0.201. The molecule has 0 spiro atoms. The van der Waals surface area contributed by atoms with Crippen molar-refractivity contribution in [3.05, 3.63) is 35.7 Å². The van der Waals surface area contributed by atoms with Crippen molar-refractivity contribution in [3.8, 4) is 11.4 Å². The molecular weight excluding hydrogens is 264 g/mol. The molecule has 1 saturated heterocycles. The van der Waals surface area contributed by atoms with E-state index in [2.05, 4.69) is 15.5 Å². The summed E-state index contributed by atoms with van der Waals surface area (Å²) in [7, 11) is 0. The molecule has 0 saturated carbocycles. The van der Waals surface area contributed by atoms with Crippen molar-refractivity contribution in [1.29, 1.82) is 0 Å². The number of piperidine rings is 1. The third-order valence-corrected chi connectivity index (χ3v) is 3.64. The van der Waals surface area contributed by atoms with Crippen molar-refractivity contribution in [1.82, 2.24) is 15.5 Å². The first-order valence-corrected chi connectivity index (χ1v) is 6.62. The number of aromatic nitrogens is 2. The zero-order chi connectivity index (χ0) is 14.2. The molecule has 2 aromatic rings. The van der Waals surface area contributed by atoms with E-state index in [0.717, 1.165) is 31.9 Å². The molecule has 0 radical (unpaired) electrons. The lowest BCUT2D eigenvalue weighted by Crippen LogP contribution is -2.43. The van der Waals surface area contributed by atoms with Crippen molar-refractivity contribution in [2.75, 3.05) is 6.54 Å². The highest BCUT2D eigenvalue weighted by molar-refractivity contribution is 5.54. The van der Waals surface area contributed by atoms with E-state index in [-0.39, 0.29) is 16.9 Å². The van der Waals surface area contributed by atoms with E-state index in [9.17, 15) is 8.78 Å². The molecule has 1 fully saturated rings. The van der Waals surface area contributed by atoms with Gasteiger partial charge in [0.25, 0.3) is 0 Å². The molecule has 20 heavy (non-hydrogen) atoms. The summed E-state index contributed by atoms with van der Waals surface area (Å²) in [6, 6.07) is 3.19. The molecule has 1 unspecified atom stereocenters. The fraction of sp³-hybridized carbons (Fsp3) is 0.429. The van der Waals surface area contributed by atoms with Gasteiger partial charge in [-0.2, -0.15) is 4.98 Å². The van der Waals surface area contributed by atoms with Gasteiger partial charge in [0.1, 0.15) is 11.6 Å². The van der Waals surface area contributed by atoms with E-state index in [4.69, 9.17) is 4.52 Å². The van der Waals surface area contributed by atoms with Gasteiger partial charge in [0.05, 0.1) is 5.54 Å². The van der Waals surface area contributed by atoms with Gasteiger partial charge in [-0.3, -0.25) is 0 Å². The lowest BCUT2D eigenvalue weighted by Gasteiger charge is -2.31. The molecule has 1 aromatic carbocycles. The Morgan fingerprint density at radius 3 is 2.60 bits per heavy atom. The smallest absolute Gasteiger partial charge is 0.246 e. The molecule has 0 amide bonds. The van der Waals surface area contributed by atoms with Gasteiger partial charge in [0.15, 0.2) is 0 Å². The molecule has 0 bridgehead atoms. The minimum Gasteiger partial charge on any atom is -0.337 e. The summed E-state index contributed by atoms with van der Waals surface area (Å²) in [5.41, 5.74) is -0.0908. The lowest BCUT2D eigenvalue weighted by atomic mass is 9.91. The first-order chi connectivity index (χ1) is 9.57. The van der Waals surface area contributed by atoms with E-state index >= 15 is 0 Å². The third kappa shape index (κ3) is 2.43. The molecule has 1 aromatic heterocycles. The summed E-state index contributed by atoms with van der Waals surface area (Å²) in [5, 5.41) is 7.18. The highest BCUT2D eigenvalue weighted by Crippen LogP contribution is 2.30. The third-order valence-electron chi connectivity index (χ3n) is 3.64. The van der Waals surface area contributed by atoms with Crippen molar-refractivity contribution in [2.45, 2.75) is 31.7 Å². The summed E-state index contributed by atoms with van der Waals surface area (Å²) in [6.07, 6.45) is 3.09. The normalized spacial score (nSPS) is 22.9. The van der Waals surface area contributed by atoms with Gasteiger partial charge in [0, 0.05) is 11.6 Å². The van der Waals surface area contributed by atoms with E-state index in [1.165, 1.54) is 12.1 Å². The molecule has 2 heterocycles. The van der Waals surface area contributed by atoms with Crippen LogP contribution < -0.4 is 5.32 Å². The van der Waals surface area contributed by atoms with E-state index in [1.807, 2.05) is 6.92 Å². The Balaban J connectivity index is 1.93. The maximum absolute atomic E-state index is 13.2. The maximum atomic E-state index is 13.2. The van der Waals surface area contributed by atoms with Crippen LogP contribution in [0.2, 0.25) is 0 Å². The van der Waals surface area contributed by atoms with Crippen LogP contribution in [-0.2, 0) is 5.54 Å². The number of benzene rings is 1. The number of nitrogens with zero attached hydrogens (tertiary/aromatic N) is 2. The second kappa shape index (κ2) is 4.94. The van der Waals surface area contributed by atoms with Crippen LogP contribution in [0.4, 0.5) is 8.78 Å². The number of halogens is 2. The lowest BCUT2D eigenvalue weighted by molar-refractivity contribution is 0.207. The van der Waals surface area contributed by atoms with Crippen LogP contribution in [0.25, 0.3) is 11.4 Å². The van der Waals surface area contributed by atoms with Gasteiger partial charge in [-0.05, 0) is 44.9 Å². The highest BCUT2D eigenvalue weighted by Gasteiger charge is 2.34. The van der Waals surface area contributed by atoms with Crippen LogP contribution >= 0.6 is 0 Å². The summed E-state index contributed by atoms with van der Waals surface area (Å²) < 4.78 is 31.7. The minimum atomic E-state index is -0.659. The molecule has 1 aliphatic heterocycles. The van der Waals surface area contributed by atoms with Gasteiger partial charge >= 0.3 is 0 Å². The van der Waals surface area contributed by atoms with Crippen LogP contribution in [0.1, 0.15) is 32.1 Å². The summed E-state index contributed by atoms with van der Waals surface area (Å²) >= 11 is 0. The largest absolute Gasteiger partial charge is 0.337 e. The number of hydrogen-bond acceptors (Lipinski definition) is 4. The quantitative estimate of drug-likeness (QED) is 0.918. The summed E-state index contributed by atoms with van der Waals surface area (Å²) in [5.74, 6) is -0.662. The predicted octanol–water partition coefficient (Wildman–Crippen LogP) is 3.00. The molecule has 4 nitrogen and oxygen atoms in total. The Labute approximate surface area is 115 Å². The molecule has 6 heteroatoms. The fourth-order valence-electron chi connectivity index (χ4n) is 2.49. The Hall–Kier alpha value is -1.82. The maximum Gasteiger partial charge on any atom is 0.246 e. The second-order valence-electron chi connectivity index (χ2n) is 5.30. The Kier molecular flexibility index (Phi) is 3.25. The molecule has 106 valence electrons. The van der Waals surface area contributed by atoms with Gasteiger partial charge in [-0.15, -0.1) is 0 Å². The topological polar surface area (TPSA) is 51.0 Å². The number of rotatable bonds is 2. The van der Waals surface area contributed by atoms with Gasteiger partial charge in [-0.1, -0.05) is 5.16 Å². The van der Waals surface area contributed by atoms with Crippen molar-refractivity contribution in [2.24, 2.45) is 0 Å². The van der Waals surface area contributed by atoms with Gasteiger partial charge < -0.3 is 9.84 Å². The molecule has 3 rings (SSSR count). The summed E-state index contributed by atoms with van der Waals surface area (Å²) in [6.45, 7) is 2.89. The Morgan fingerprint density at radius 1 is 1.20 bits per heavy atom. The molecule has 1 atom stereocenters. The number of hydrogen-bond donors (Lipinski definition) is 1. The van der Waals surface area contributed by atoms with Crippen LogP contribution in [0.5, 0.6) is 0 Å². The van der Waals surface area contributed by atoms with E-state index < -0.39 is 11.6 Å². The van der Waals surface area contributed by atoms with Gasteiger partial charge in [0.2, 0.25) is 11.7 Å². The number of nitrogens with one attached hydrogen (secondary N) is 1. The van der Waals surface area contributed by atoms with Crippen LogP contribution in [-0.4, -0.2) is 16.7 Å². The monoisotopic (exact) mass is 279 g/mol. The van der Waals surface area contributed by atoms with Crippen LogP contribution in [0.15, 0.2) is 22.7 Å². The fourth-order valence-corrected chi connectivity index (χ4v) is 2.49. The SMILES string of the molecule is CC1(c2nc(-c3cc(F)cc(F)c3)no2)CCCCN1. The zero-order valence-corrected chi connectivity index (χ0v) is 11.1. The van der Waals surface area contributed by atoms with Crippen molar-refractivity contribution in [3.63, 3.8) is 0 Å². The average Bonchev–Trinajstić information content (AvgIpc) is 2.89. The standard InChI is InChI=1S/C14H15F2N3O/c1-14(4-2-3-5-17-14)13-18-12(19-20-13)9-6-10(15)8-11(16)7-9/h6-8,17H,2-5H2,1H3. The van der Waals surface area contributed by atoms with Crippen LogP contribution in [0, 0.1) is 11.6 Å². The first kappa shape index (κ1) is 13.2. The summed E-state index contributed by atoms with van der Waals surface area (Å²) in [4.78, 5) is 4.28. The average molecular weight is 279 g/mol. The predicted molar refractivity (Wildman–Crippen MR) is 68.9 cm³/mol. The zero-order valence-electron chi connectivity index (χ0n) is 11.1. The van der Waals surface area contributed by atoms with Crippen molar-refractivity contribution >= 4 is 0 Å². The second-order valence-corrected chi connectivity index (χ2v) is 5.30. The first-order valence-electron chi connectivity index (χ1n) is 6.62. The molecule has 0 aliphatic carbocycles. The molecule has 1 aliphatic rings.